The Labute approximate surface area is 129 Å². The summed E-state index contributed by atoms with van der Waals surface area (Å²) in [5.41, 5.74) is 4.72. The van der Waals surface area contributed by atoms with Crippen molar-refractivity contribution in [2.24, 2.45) is 0 Å². The van der Waals surface area contributed by atoms with Crippen molar-refractivity contribution < 1.29 is 0 Å². The van der Waals surface area contributed by atoms with E-state index in [4.69, 9.17) is 11.6 Å². The molecule has 7 heteroatoms. The third kappa shape index (κ3) is 2.07. The molecule has 5 nitrogen and oxygen atoms in total. The van der Waals surface area contributed by atoms with Crippen molar-refractivity contribution in [2.45, 2.75) is 12.8 Å². The standard InChI is InChI=1S/C14H10ClN5S/c1-8(9-2-3-10-11(6-9)21-7-16-10)14-18-17-13-5-4-12(15)19-20(13)14/h2-8H,1H3. The first-order chi connectivity index (χ1) is 10.2. The van der Waals surface area contributed by atoms with Crippen LogP contribution in [0.15, 0.2) is 35.8 Å². The van der Waals surface area contributed by atoms with E-state index in [0.29, 0.717) is 10.8 Å². The van der Waals surface area contributed by atoms with Crippen LogP contribution in [0.3, 0.4) is 0 Å². The number of halogens is 1. The summed E-state index contributed by atoms with van der Waals surface area (Å²) in [6.07, 6.45) is 0. The average molecular weight is 316 g/mol. The Morgan fingerprint density at radius 2 is 2.10 bits per heavy atom. The Morgan fingerprint density at radius 3 is 3.00 bits per heavy atom. The fraction of sp³-hybridized carbons (Fsp3) is 0.143. The minimum Gasteiger partial charge on any atom is -0.245 e. The van der Waals surface area contributed by atoms with Crippen LogP contribution >= 0.6 is 22.9 Å². The topological polar surface area (TPSA) is 56.0 Å². The molecule has 0 radical (unpaired) electrons. The molecular formula is C14H10ClN5S. The van der Waals surface area contributed by atoms with Crippen molar-refractivity contribution >= 4 is 38.8 Å². The Bertz CT molecular complexity index is 945. The highest BCUT2D eigenvalue weighted by atomic mass is 35.5. The minimum absolute atomic E-state index is 0.0671. The number of nitrogens with zero attached hydrogens (tertiary/aromatic N) is 5. The van der Waals surface area contributed by atoms with Crippen LogP contribution in [0.4, 0.5) is 0 Å². The van der Waals surface area contributed by atoms with Crippen LogP contribution in [0.1, 0.15) is 24.2 Å². The molecule has 4 rings (SSSR count). The van der Waals surface area contributed by atoms with Crippen molar-refractivity contribution in [3.8, 4) is 0 Å². The first-order valence-electron chi connectivity index (χ1n) is 6.43. The average Bonchev–Trinajstić information content (AvgIpc) is 3.11. The SMILES string of the molecule is CC(c1ccc2ncsc2c1)c1nnc2ccc(Cl)nn12. The van der Waals surface area contributed by atoms with E-state index in [0.717, 1.165) is 16.9 Å². The molecule has 0 amide bonds. The first-order valence-corrected chi connectivity index (χ1v) is 7.69. The van der Waals surface area contributed by atoms with Gasteiger partial charge in [0.1, 0.15) is 5.15 Å². The summed E-state index contributed by atoms with van der Waals surface area (Å²) in [7, 11) is 0. The lowest BCUT2D eigenvalue weighted by molar-refractivity contribution is 0.751. The molecule has 0 aliphatic carbocycles. The predicted octanol–water partition coefficient (Wildman–Crippen LogP) is 3.54. The van der Waals surface area contributed by atoms with Crippen molar-refractivity contribution in [1.82, 2.24) is 24.8 Å². The van der Waals surface area contributed by atoms with Gasteiger partial charge in [-0.1, -0.05) is 24.6 Å². The predicted molar refractivity (Wildman–Crippen MR) is 82.9 cm³/mol. The molecule has 0 aliphatic rings. The Balaban J connectivity index is 1.84. The van der Waals surface area contributed by atoms with Gasteiger partial charge >= 0.3 is 0 Å². The molecule has 0 spiro atoms. The van der Waals surface area contributed by atoms with E-state index in [2.05, 4.69) is 39.3 Å². The van der Waals surface area contributed by atoms with Gasteiger partial charge in [0.25, 0.3) is 0 Å². The molecule has 3 heterocycles. The van der Waals surface area contributed by atoms with E-state index in [1.165, 1.54) is 4.70 Å². The monoisotopic (exact) mass is 315 g/mol. The number of fused-ring (bicyclic) bond motifs is 2. The highest BCUT2D eigenvalue weighted by Gasteiger charge is 2.17. The number of hydrogen-bond donors (Lipinski definition) is 0. The largest absolute Gasteiger partial charge is 0.245 e. The van der Waals surface area contributed by atoms with Crippen molar-refractivity contribution in [1.29, 1.82) is 0 Å². The van der Waals surface area contributed by atoms with Gasteiger partial charge in [-0.3, -0.25) is 0 Å². The third-order valence-corrected chi connectivity index (χ3v) is 4.49. The maximum Gasteiger partial charge on any atom is 0.178 e. The van der Waals surface area contributed by atoms with E-state index in [9.17, 15) is 0 Å². The summed E-state index contributed by atoms with van der Waals surface area (Å²) in [4.78, 5) is 4.30. The molecule has 1 aromatic carbocycles. The van der Waals surface area contributed by atoms with Gasteiger partial charge in [0.2, 0.25) is 0 Å². The maximum absolute atomic E-state index is 5.97. The molecule has 21 heavy (non-hydrogen) atoms. The second-order valence-electron chi connectivity index (χ2n) is 4.79. The normalized spacial score (nSPS) is 13.0. The molecular weight excluding hydrogens is 306 g/mol. The van der Waals surface area contributed by atoms with Crippen LogP contribution in [-0.4, -0.2) is 24.8 Å². The number of aromatic nitrogens is 5. The molecule has 104 valence electrons. The first kappa shape index (κ1) is 12.7. The van der Waals surface area contributed by atoms with Gasteiger partial charge in [0.05, 0.1) is 15.7 Å². The quantitative estimate of drug-likeness (QED) is 0.568. The van der Waals surface area contributed by atoms with Crippen LogP contribution < -0.4 is 0 Å². The smallest absolute Gasteiger partial charge is 0.178 e. The number of hydrogen-bond acceptors (Lipinski definition) is 5. The van der Waals surface area contributed by atoms with Gasteiger partial charge in [-0.05, 0) is 29.8 Å². The van der Waals surface area contributed by atoms with Gasteiger partial charge < -0.3 is 0 Å². The summed E-state index contributed by atoms with van der Waals surface area (Å²) in [6.45, 7) is 2.08. The van der Waals surface area contributed by atoms with Gasteiger partial charge in [-0.2, -0.15) is 9.61 Å². The van der Waals surface area contributed by atoms with Crippen LogP contribution in [0, 0.1) is 0 Å². The molecule has 1 atom stereocenters. The third-order valence-electron chi connectivity index (χ3n) is 3.50. The number of thiazole rings is 1. The number of benzene rings is 1. The van der Waals surface area contributed by atoms with E-state index in [1.54, 1.807) is 21.9 Å². The molecule has 3 aromatic heterocycles. The van der Waals surface area contributed by atoms with Gasteiger partial charge in [0, 0.05) is 5.92 Å². The highest BCUT2D eigenvalue weighted by Crippen LogP contribution is 2.27. The molecule has 0 bridgehead atoms. The van der Waals surface area contributed by atoms with Gasteiger partial charge in [-0.15, -0.1) is 21.5 Å². The summed E-state index contributed by atoms with van der Waals surface area (Å²) < 4.78 is 2.86. The van der Waals surface area contributed by atoms with Crippen molar-refractivity contribution in [2.75, 3.05) is 0 Å². The van der Waals surface area contributed by atoms with Gasteiger partial charge in [-0.25, -0.2) is 4.98 Å². The molecule has 4 aromatic rings. The van der Waals surface area contributed by atoms with E-state index < -0.39 is 0 Å². The Kier molecular flexibility index (Phi) is 2.87. The fourth-order valence-electron chi connectivity index (χ4n) is 2.34. The van der Waals surface area contributed by atoms with E-state index >= 15 is 0 Å². The van der Waals surface area contributed by atoms with Crippen molar-refractivity contribution in [3.63, 3.8) is 0 Å². The summed E-state index contributed by atoms with van der Waals surface area (Å²) in [5, 5.41) is 13.1. The Morgan fingerprint density at radius 1 is 1.19 bits per heavy atom. The van der Waals surface area contributed by atoms with Crippen LogP contribution in [-0.2, 0) is 0 Å². The Hall–Kier alpha value is -2.05. The van der Waals surface area contributed by atoms with Crippen LogP contribution in [0.5, 0.6) is 0 Å². The summed E-state index contributed by atoms with van der Waals surface area (Å²) in [5.74, 6) is 0.842. The zero-order valence-corrected chi connectivity index (χ0v) is 12.6. The molecule has 1 unspecified atom stereocenters. The fourth-order valence-corrected chi connectivity index (χ4v) is 3.21. The summed E-state index contributed by atoms with van der Waals surface area (Å²) in [6, 6.07) is 9.76. The maximum atomic E-state index is 5.97. The molecule has 0 N–H and O–H groups in total. The minimum atomic E-state index is 0.0671. The second-order valence-corrected chi connectivity index (χ2v) is 6.06. The molecule has 0 fully saturated rings. The van der Waals surface area contributed by atoms with E-state index in [-0.39, 0.29) is 5.92 Å². The second kappa shape index (κ2) is 4.75. The van der Waals surface area contributed by atoms with E-state index in [1.807, 2.05) is 17.6 Å². The van der Waals surface area contributed by atoms with Gasteiger partial charge in [0.15, 0.2) is 11.5 Å². The zero-order chi connectivity index (χ0) is 14.4. The number of rotatable bonds is 2. The molecule has 0 saturated heterocycles. The summed E-state index contributed by atoms with van der Waals surface area (Å²) >= 11 is 7.60. The highest BCUT2D eigenvalue weighted by molar-refractivity contribution is 7.16. The lowest BCUT2D eigenvalue weighted by Crippen LogP contribution is -2.04. The molecule has 0 saturated carbocycles. The lowest BCUT2D eigenvalue weighted by Gasteiger charge is -2.09. The zero-order valence-electron chi connectivity index (χ0n) is 11.1. The van der Waals surface area contributed by atoms with Crippen LogP contribution in [0.2, 0.25) is 5.15 Å². The molecule has 0 aliphatic heterocycles. The van der Waals surface area contributed by atoms with Crippen LogP contribution in [0.25, 0.3) is 15.9 Å². The lowest BCUT2D eigenvalue weighted by atomic mass is 10.0. The van der Waals surface area contributed by atoms with Crippen molar-refractivity contribution in [3.05, 3.63) is 52.4 Å².